The summed E-state index contributed by atoms with van der Waals surface area (Å²) in [6.07, 6.45) is -1.81. The van der Waals surface area contributed by atoms with Crippen molar-refractivity contribution in [3.8, 4) is 17.0 Å². The number of nitrogens with zero attached hydrogens (tertiary/aromatic N) is 2. The van der Waals surface area contributed by atoms with Gasteiger partial charge < -0.3 is 9.64 Å². The number of halogens is 4. The molecule has 0 atom stereocenters. The van der Waals surface area contributed by atoms with E-state index in [0.29, 0.717) is 33.8 Å². The second-order valence-corrected chi connectivity index (χ2v) is 9.22. The number of thiazole rings is 1. The summed E-state index contributed by atoms with van der Waals surface area (Å²) in [6.45, 7) is 4.46. The molecule has 1 aromatic heterocycles. The minimum atomic E-state index is -4.41. The molecule has 0 N–H and O–H groups in total. The summed E-state index contributed by atoms with van der Waals surface area (Å²) >= 11 is 9.29. The van der Waals surface area contributed by atoms with Crippen molar-refractivity contribution in [2.45, 2.75) is 31.3 Å². The molecule has 0 spiro atoms. The first kappa shape index (κ1) is 23.8. The van der Waals surface area contributed by atoms with E-state index in [1.165, 1.54) is 35.2 Å². The summed E-state index contributed by atoms with van der Waals surface area (Å²) < 4.78 is 45.4. The molecule has 31 heavy (non-hydrogen) atoms. The number of hydrogen-bond donors (Lipinski definition) is 0. The van der Waals surface area contributed by atoms with Crippen molar-refractivity contribution in [2.75, 3.05) is 24.8 Å². The van der Waals surface area contributed by atoms with Gasteiger partial charge in [-0.3, -0.25) is 0 Å². The van der Waals surface area contributed by atoms with E-state index in [1.54, 1.807) is 13.2 Å². The molecule has 0 aliphatic rings. The van der Waals surface area contributed by atoms with E-state index in [9.17, 15) is 13.2 Å². The number of ether oxygens (including phenoxy) is 1. The van der Waals surface area contributed by atoms with Crippen LogP contribution in [0.3, 0.4) is 0 Å². The van der Waals surface area contributed by atoms with Gasteiger partial charge in [-0.05, 0) is 56.0 Å². The summed E-state index contributed by atoms with van der Waals surface area (Å²) in [5.74, 6) is 0.642. The van der Waals surface area contributed by atoms with Gasteiger partial charge in [0, 0.05) is 21.9 Å². The van der Waals surface area contributed by atoms with Crippen molar-refractivity contribution in [1.82, 2.24) is 4.98 Å². The second-order valence-electron chi connectivity index (χ2n) is 6.78. The van der Waals surface area contributed by atoms with E-state index in [1.807, 2.05) is 37.1 Å². The molecule has 0 radical (unpaired) electrons. The highest BCUT2D eigenvalue weighted by atomic mass is 35.5. The van der Waals surface area contributed by atoms with E-state index in [4.69, 9.17) is 21.3 Å². The van der Waals surface area contributed by atoms with E-state index in [-0.39, 0.29) is 0 Å². The van der Waals surface area contributed by atoms with E-state index < -0.39 is 11.7 Å². The summed E-state index contributed by atoms with van der Waals surface area (Å²) in [4.78, 5) is 8.34. The van der Waals surface area contributed by atoms with Crippen LogP contribution in [0, 0.1) is 6.92 Å². The molecule has 0 aliphatic heterocycles. The van der Waals surface area contributed by atoms with Gasteiger partial charge in [-0.2, -0.15) is 13.2 Å². The SMILES string of the molecule is CCCN(c1nc(-c2ccc(OC)cc2Cl)c(C)s1)c1cc(C(F)(F)F)ccc1SC. The van der Waals surface area contributed by atoms with Gasteiger partial charge in [-0.1, -0.05) is 18.5 Å². The van der Waals surface area contributed by atoms with Crippen molar-refractivity contribution < 1.29 is 17.9 Å². The fourth-order valence-corrected chi connectivity index (χ4v) is 4.99. The standard InChI is InChI=1S/C22H22ClF3N2OS2/c1-5-10-28(18-11-14(22(24,25)26)6-9-19(18)30-4)21-27-20(13(2)31-21)16-8-7-15(29-3)12-17(16)23/h6-9,11-12H,5,10H2,1-4H3. The van der Waals surface area contributed by atoms with E-state index >= 15 is 0 Å². The largest absolute Gasteiger partial charge is 0.497 e. The fourth-order valence-electron chi connectivity index (χ4n) is 3.18. The van der Waals surface area contributed by atoms with Crippen molar-refractivity contribution in [2.24, 2.45) is 0 Å². The Kier molecular flexibility index (Phi) is 7.44. The van der Waals surface area contributed by atoms with Crippen LogP contribution in [0.5, 0.6) is 5.75 Å². The monoisotopic (exact) mass is 486 g/mol. The lowest BCUT2D eigenvalue weighted by molar-refractivity contribution is -0.137. The number of aryl methyl sites for hydroxylation is 1. The minimum Gasteiger partial charge on any atom is -0.497 e. The normalized spacial score (nSPS) is 11.6. The number of anilines is 2. The molecule has 0 fully saturated rings. The minimum absolute atomic E-state index is 0.505. The van der Waals surface area contributed by atoms with Crippen LogP contribution in [0.2, 0.25) is 5.02 Å². The van der Waals surface area contributed by atoms with Gasteiger partial charge in [0.05, 0.1) is 29.1 Å². The zero-order valence-corrected chi connectivity index (χ0v) is 19.9. The maximum atomic E-state index is 13.4. The van der Waals surface area contributed by atoms with Crippen LogP contribution in [0.1, 0.15) is 23.8 Å². The fraction of sp³-hybridized carbons (Fsp3) is 0.318. The third-order valence-corrected chi connectivity index (χ3v) is 6.78. The smallest absolute Gasteiger partial charge is 0.416 e. The molecule has 2 aromatic carbocycles. The van der Waals surface area contributed by atoms with E-state index in [0.717, 1.165) is 27.8 Å². The molecule has 3 rings (SSSR count). The predicted octanol–water partition coefficient (Wildman–Crippen LogP) is 8.07. The van der Waals surface area contributed by atoms with Gasteiger partial charge in [-0.25, -0.2) is 4.98 Å². The Bertz CT molecular complexity index is 1070. The van der Waals surface area contributed by atoms with Crippen LogP contribution in [0.4, 0.5) is 24.0 Å². The van der Waals surface area contributed by atoms with Gasteiger partial charge in [0.1, 0.15) is 5.75 Å². The van der Waals surface area contributed by atoms with Crippen LogP contribution < -0.4 is 9.64 Å². The number of aromatic nitrogens is 1. The Balaban J connectivity index is 2.11. The molecule has 0 amide bonds. The molecule has 0 bridgehead atoms. The number of hydrogen-bond acceptors (Lipinski definition) is 5. The second kappa shape index (κ2) is 9.71. The number of rotatable bonds is 7. The lowest BCUT2D eigenvalue weighted by Gasteiger charge is -2.25. The van der Waals surface area contributed by atoms with Gasteiger partial charge in [-0.15, -0.1) is 23.1 Å². The summed E-state index contributed by atoms with van der Waals surface area (Å²) in [6, 6.07) is 9.22. The summed E-state index contributed by atoms with van der Waals surface area (Å²) in [5.41, 5.74) is 1.30. The Labute approximate surface area is 193 Å². The van der Waals surface area contributed by atoms with Gasteiger partial charge in [0.25, 0.3) is 0 Å². The average molecular weight is 487 g/mol. The topological polar surface area (TPSA) is 25.4 Å². The molecule has 1 heterocycles. The van der Waals surface area contributed by atoms with Crippen LogP contribution in [-0.2, 0) is 6.18 Å². The quantitative estimate of drug-likeness (QED) is 0.315. The van der Waals surface area contributed by atoms with Crippen molar-refractivity contribution in [1.29, 1.82) is 0 Å². The summed E-state index contributed by atoms with van der Waals surface area (Å²) in [7, 11) is 1.57. The maximum absolute atomic E-state index is 13.4. The number of methoxy groups -OCH3 is 1. The maximum Gasteiger partial charge on any atom is 0.416 e. The lowest BCUT2D eigenvalue weighted by atomic mass is 10.1. The highest BCUT2D eigenvalue weighted by Gasteiger charge is 2.32. The third kappa shape index (κ3) is 5.13. The predicted molar refractivity (Wildman–Crippen MR) is 124 cm³/mol. The van der Waals surface area contributed by atoms with Crippen LogP contribution >= 0.6 is 34.7 Å². The molecule has 166 valence electrons. The molecule has 0 saturated heterocycles. The average Bonchev–Trinajstić information content (AvgIpc) is 3.11. The van der Waals surface area contributed by atoms with Gasteiger partial charge in [0.15, 0.2) is 5.13 Å². The zero-order chi connectivity index (χ0) is 22.8. The van der Waals surface area contributed by atoms with E-state index in [2.05, 4.69) is 0 Å². The molecular weight excluding hydrogens is 465 g/mol. The molecular formula is C22H22ClF3N2OS2. The van der Waals surface area contributed by atoms with Gasteiger partial charge >= 0.3 is 6.18 Å². The molecule has 0 saturated carbocycles. The highest BCUT2D eigenvalue weighted by Crippen LogP contribution is 2.43. The molecule has 0 aliphatic carbocycles. The molecule has 0 unspecified atom stereocenters. The number of alkyl halides is 3. The Morgan fingerprint density at radius 1 is 1.19 bits per heavy atom. The highest BCUT2D eigenvalue weighted by molar-refractivity contribution is 7.98. The van der Waals surface area contributed by atoms with Crippen LogP contribution in [0.15, 0.2) is 41.3 Å². The first-order valence-electron chi connectivity index (χ1n) is 9.53. The number of benzene rings is 2. The lowest BCUT2D eigenvalue weighted by Crippen LogP contribution is -2.19. The molecule has 3 nitrogen and oxygen atoms in total. The molecule has 3 aromatic rings. The summed E-state index contributed by atoms with van der Waals surface area (Å²) in [5, 5.41) is 1.14. The Morgan fingerprint density at radius 3 is 2.52 bits per heavy atom. The first-order chi connectivity index (χ1) is 14.7. The third-order valence-electron chi connectivity index (χ3n) is 4.69. The van der Waals surface area contributed by atoms with Crippen molar-refractivity contribution in [3.05, 3.63) is 51.9 Å². The van der Waals surface area contributed by atoms with Gasteiger partial charge in [0.2, 0.25) is 0 Å². The first-order valence-corrected chi connectivity index (χ1v) is 12.0. The number of thioether (sulfide) groups is 1. The zero-order valence-electron chi connectivity index (χ0n) is 17.5. The Morgan fingerprint density at radius 2 is 1.94 bits per heavy atom. The van der Waals surface area contributed by atoms with Crippen molar-refractivity contribution in [3.63, 3.8) is 0 Å². The van der Waals surface area contributed by atoms with Crippen LogP contribution in [0.25, 0.3) is 11.3 Å². The van der Waals surface area contributed by atoms with Crippen molar-refractivity contribution >= 4 is 45.5 Å². The van der Waals surface area contributed by atoms with Crippen LogP contribution in [-0.4, -0.2) is 24.9 Å². The Hall–Kier alpha value is -1.90. The molecule has 9 heteroatoms.